The minimum absolute atomic E-state index is 0.0156. The maximum atomic E-state index is 10.4. The average Bonchev–Trinajstić information content (AvgIpc) is 2.99. The molecular weight excluding hydrogens is 302 g/mol. The quantitative estimate of drug-likeness (QED) is 0.930. The molecule has 2 aromatic carbocycles. The van der Waals surface area contributed by atoms with Crippen molar-refractivity contribution in [3.63, 3.8) is 0 Å². The fourth-order valence-electron chi connectivity index (χ4n) is 3.06. The Morgan fingerprint density at radius 1 is 1.25 bits per heavy atom. The fourth-order valence-corrected chi connectivity index (χ4v) is 3.06. The molecule has 0 aromatic heterocycles. The van der Waals surface area contributed by atoms with Crippen molar-refractivity contribution in [2.45, 2.75) is 25.4 Å². The van der Waals surface area contributed by atoms with E-state index in [1.54, 1.807) is 23.2 Å². The predicted octanol–water partition coefficient (Wildman–Crippen LogP) is 3.79. The lowest BCUT2D eigenvalue weighted by Gasteiger charge is -2.29. The number of nitriles is 1. The minimum Gasteiger partial charge on any atom is -0.504 e. The first-order valence-electron chi connectivity index (χ1n) is 7.78. The molecule has 24 heavy (non-hydrogen) atoms. The van der Waals surface area contributed by atoms with Gasteiger partial charge >= 0.3 is 0 Å². The maximum Gasteiger partial charge on any atom is 0.164 e. The van der Waals surface area contributed by atoms with E-state index in [4.69, 9.17) is 4.74 Å². The number of aromatic hydroxyl groups is 1. The van der Waals surface area contributed by atoms with E-state index in [0.29, 0.717) is 11.3 Å². The van der Waals surface area contributed by atoms with Crippen molar-refractivity contribution in [1.82, 2.24) is 5.01 Å². The molecule has 0 amide bonds. The van der Waals surface area contributed by atoms with Crippen LogP contribution in [-0.4, -0.2) is 22.9 Å². The molecule has 122 valence electrons. The monoisotopic (exact) mass is 321 g/mol. The maximum absolute atomic E-state index is 10.4. The molecule has 3 rings (SSSR count). The Kier molecular flexibility index (Phi) is 4.39. The normalized spacial score (nSPS) is 18.0. The first-order chi connectivity index (χ1) is 11.7. The van der Waals surface area contributed by atoms with Gasteiger partial charge in [-0.2, -0.15) is 10.4 Å². The molecule has 0 spiro atoms. The van der Waals surface area contributed by atoms with E-state index in [1.165, 1.54) is 7.11 Å². The molecule has 1 aliphatic heterocycles. The van der Waals surface area contributed by atoms with Gasteiger partial charge < -0.3 is 9.84 Å². The zero-order valence-electron chi connectivity index (χ0n) is 13.7. The molecule has 0 fully saturated rings. The Balaban J connectivity index is 2.02. The highest BCUT2D eigenvalue weighted by Crippen LogP contribution is 2.42. The van der Waals surface area contributed by atoms with E-state index < -0.39 is 6.04 Å². The van der Waals surface area contributed by atoms with Crippen LogP contribution < -0.4 is 4.74 Å². The van der Waals surface area contributed by atoms with Crippen LogP contribution in [0.1, 0.15) is 36.6 Å². The second-order valence-corrected chi connectivity index (χ2v) is 5.78. The Morgan fingerprint density at radius 3 is 2.67 bits per heavy atom. The van der Waals surface area contributed by atoms with Crippen LogP contribution in [0, 0.1) is 11.3 Å². The smallest absolute Gasteiger partial charge is 0.164 e. The van der Waals surface area contributed by atoms with Gasteiger partial charge in [0.25, 0.3) is 0 Å². The van der Waals surface area contributed by atoms with Crippen molar-refractivity contribution in [2.75, 3.05) is 7.11 Å². The third-order valence-corrected chi connectivity index (χ3v) is 4.21. The number of hydrazone groups is 1. The zero-order chi connectivity index (χ0) is 17.1. The minimum atomic E-state index is -0.692. The molecule has 0 bridgehead atoms. The van der Waals surface area contributed by atoms with Crippen LogP contribution in [0.3, 0.4) is 0 Å². The highest BCUT2D eigenvalue weighted by Gasteiger charge is 2.34. The van der Waals surface area contributed by atoms with Crippen molar-refractivity contribution in [2.24, 2.45) is 5.10 Å². The number of rotatable bonds is 4. The summed E-state index contributed by atoms with van der Waals surface area (Å²) in [4.78, 5) is 0. The Labute approximate surface area is 141 Å². The van der Waals surface area contributed by atoms with E-state index >= 15 is 0 Å². The summed E-state index contributed by atoms with van der Waals surface area (Å²) in [6.45, 7) is 1.95. The number of ether oxygens (including phenoxy) is 1. The average molecular weight is 321 g/mol. The summed E-state index contributed by atoms with van der Waals surface area (Å²) >= 11 is 0. The summed E-state index contributed by atoms with van der Waals surface area (Å²) in [6.07, 6.45) is 0.757. The van der Waals surface area contributed by atoms with Crippen LogP contribution in [-0.2, 0) is 0 Å². The molecule has 0 saturated heterocycles. The first-order valence-corrected chi connectivity index (χ1v) is 7.78. The van der Waals surface area contributed by atoms with Crippen LogP contribution in [0.15, 0.2) is 53.6 Å². The molecule has 1 aliphatic rings. The summed E-state index contributed by atoms with van der Waals surface area (Å²) in [5, 5.41) is 26.5. The van der Waals surface area contributed by atoms with Crippen LogP contribution in [0.25, 0.3) is 0 Å². The Hall–Kier alpha value is -3.00. The van der Waals surface area contributed by atoms with Crippen LogP contribution in [0.4, 0.5) is 0 Å². The van der Waals surface area contributed by atoms with E-state index in [-0.39, 0.29) is 11.8 Å². The van der Waals surface area contributed by atoms with Crippen molar-refractivity contribution in [3.8, 4) is 17.6 Å². The fraction of sp³-hybridized carbons (Fsp3) is 0.263. The number of phenols is 1. The summed E-state index contributed by atoms with van der Waals surface area (Å²) in [5.74, 6) is 0.335. The third-order valence-electron chi connectivity index (χ3n) is 4.21. The molecule has 2 aromatic rings. The van der Waals surface area contributed by atoms with E-state index in [9.17, 15) is 10.4 Å². The largest absolute Gasteiger partial charge is 0.504 e. The van der Waals surface area contributed by atoms with E-state index in [0.717, 1.165) is 17.7 Å². The summed E-state index contributed by atoms with van der Waals surface area (Å²) in [6, 6.07) is 16.7. The van der Waals surface area contributed by atoms with Gasteiger partial charge in [0.2, 0.25) is 0 Å². The molecule has 2 atom stereocenters. The van der Waals surface area contributed by atoms with Crippen LogP contribution in [0.2, 0.25) is 0 Å². The molecule has 0 unspecified atom stereocenters. The standard InChI is InChI=1S/C19H19N3O2/c1-13-11-16(14-7-4-3-5-8-14)22(21-13)17(12-20)15-9-6-10-18(24-2)19(15)23/h3-10,16-17,23H,11H2,1-2H3/t16-,17-/m0/s1. The first kappa shape index (κ1) is 15.9. The molecule has 0 radical (unpaired) electrons. The Bertz CT molecular complexity index is 796. The van der Waals surface area contributed by atoms with Gasteiger partial charge in [-0.1, -0.05) is 42.5 Å². The number of methoxy groups -OCH3 is 1. The second-order valence-electron chi connectivity index (χ2n) is 5.78. The van der Waals surface area contributed by atoms with Crippen molar-refractivity contribution in [1.29, 1.82) is 5.26 Å². The van der Waals surface area contributed by atoms with Gasteiger partial charge in [0.05, 0.1) is 19.2 Å². The molecule has 0 aliphatic carbocycles. The molecule has 5 heteroatoms. The lowest BCUT2D eigenvalue weighted by Crippen LogP contribution is -2.24. The summed E-state index contributed by atoms with van der Waals surface area (Å²) in [5.41, 5.74) is 2.56. The molecule has 1 heterocycles. The highest BCUT2D eigenvalue weighted by molar-refractivity contribution is 5.84. The predicted molar refractivity (Wildman–Crippen MR) is 91.8 cm³/mol. The molecule has 1 N–H and O–H groups in total. The lowest BCUT2D eigenvalue weighted by atomic mass is 9.99. The van der Waals surface area contributed by atoms with Crippen LogP contribution >= 0.6 is 0 Å². The van der Waals surface area contributed by atoms with Gasteiger partial charge in [0, 0.05) is 17.7 Å². The number of hydrogen-bond donors (Lipinski definition) is 1. The molecular formula is C19H19N3O2. The van der Waals surface area contributed by atoms with Gasteiger partial charge in [-0.15, -0.1) is 0 Å². The van der Waals surface area contributed by atoms with Gasteiger partial charge in [-0.05, 0) is 18.6 Å². The highest BCUT2D eigenvalue weighted by atomic mass is 16.5. The topological polar surface area (TPSA) is 68.8 Å². The van der Waals surface area contributed by atoms with Gasteiger partial charge in [-0.3, -0.25) is 5.01 Å². The van der Waals surface area contributed by atoms with Gasteiger partial charge in [0.1, 0.15) is 0 Å². The number of nitrogens with zero attached hydrogens (tertiary/aromatic N) is 3. The van der Waals surface area contributed by atoms with Gasteiger partial charge in [-0.25, -0.2) is 0 Å². The van der Waals surface area contributed by atoms with Crippen molar-refractivity contribution >= 4 is 5.71 Å². The van der Waals surface area contributed by atoms with Gasteiger partial charge in [0.15, 0.2) is 17.5 Å². The lowest BCUT2D eigenvalue weighted by molar-refractivity contribution is 0.193. The Morgan fingerprint density at radius 2 is 2.00 bits per heavy atom. The SMILES string of the molecule is COc1cccc([C@H](C#N)N2N=C(C)C[C@H]2c2ccccc2)c1O. The number of phenolic OH excluding ortho intramolecular Hbond substituents is 1. The zero-order valence-corrected chi connectivity index (χ0v) is 13.7. The van der Waals surface area contributed by atoms with Crippen LogP contribution in [0.5, 0.6) is 11.5 Å². The number of benzene rings is 2. The molecule has 0 saturated carbocycles. The third kappa shape index (κ3) is 2.79. The summed E-state index contributed by atoms with van der Waals surface area (Å²) in [7, 11) is 1.49. The summed E-state index contributed by atoms with van der Waals surface area (Å²) < 4.78 is 5.16. The number of para-hydroxylation sites is 1. The molecule has 5 nitrogen and oxygen atoms in total. The second kappa shape index (κ2) is 6.63. The van der Waals surface area contributed by atoms with E-state index in [2.05, 4.69) is 11.2 Å². The number of hydrogen-bond acceptors (Lipinski definition) is 5. The van der Waals surface area contributed by atoms with Crippen molar-refractivity contribution < 1.29 is 9.84 Å². The van der Waals surface area contributed by atoms with E-state index in [1.807, 2.05) is 37.3 Å². The van der Waals surface area contributed by atoms with Crippen molar-refractivity contribution in [3.05, 3.63) is 59.7 Å².